The van der Waals surface area contributed by atoms with Crippen molar-refractivity contribution >= 4 is 23.2 Å². The third-order valence-corrected chi connectivity index (χ3v) is 3.18. The number of carbonyl (C=O) groups excluding carboxylic acids is 2. The number of hydrogen-bond acceptors (Lipinski definition) is 4. The highest BCUT2D eigenvalue weighted by Gasteiger charge is 2.09. The minimum Gasteiger partial charge on any atom is -0.353 e. The lowest BCUT2D eigenvalue weighted by atomic mass is 10.3. The van der Waals surface area contributed by atoms with E-state index in [0.29, 0.717) is 11.4 Å². The summed E-state index contributed by atoms with van der Waals surface area (Å²) in [6.45, 7) is 5.44. The summed E-state index contributed by atoms with van der Waals surface area (Å²) in [5, 5.41) is 10.3. The Bertz CT molecular complexity index is 379. The van der Waals surface area contributed by atoms with E-state index in [1.54, 1.807) is 12.1 Å². The smallest absolute Gasteiger partial charge is 0.261 e. The first kappa shape index (κ1) is 14.7. The van der Waals surface area contributed by atoms with Crippen LogP contribution in [0.1, 0.15) is 23.5 Å². The molecule has 18 heavy (non-hydrogen) atoms. The molecule has 1 aromatic heterocycles. The van der Waals surface area contributed by atoms with Crippen molar-refractivity contribution in [2.24, 2.45) is 0 Å². The van der Waals surface area contributed by atoms with Crippen LogP contribution < -0.4 is 16.0 Å². The molecule has 0 fully saturated rings. The lowest BCUT2D eigenvalue weighted by Crippen LogP contribution is -2.43. The Hall–Kier alpha value is -1.40. The van der Waals surface area contributed by atoms with Crippen molar-refractivity contribution in [2.75, 3.05) is 19.6 Å². The molecule has 0 bridgehead atoms. The van der Waals surface area contributed by atoms with E-state index >= 15 is 0 Å². The lowest BCUT2D eigenvalue weighted by molar-refractivity contribution is -0.120. The molecular weight excluding hydrogens is 250 g/mol. The Morgan fingerprint density at radius 1 is 1.39 bits per heavy atom. The number of hydrogen-bond donors (Lipinski definition) is 3. The normalized spacial score (nSPS) is 11.9. The molecule has 0 saturated carbocycles. The number of nitrogens with one attached hydrogen (secondary N) is 3. The number of carbonyl (C=O) groups is 2. The van der Waals surface area contributed by atoms with Gasteiger partial charge in [0.25, 0.3) is 5.91 Å². The Morgan fingerprint density at radius 3 is 2.78 bits per heavy atom. The molecule has 0 aromatic carbocycles. The molecule has 0 aliphatic heterocycles. The minimum atomic E-state index is -0.208. The summed E-state index contributed by atoms with van der Waals surface area (Å²) < 4.78 is 0. The van der Waals surface area contributed by atoms with Crippen LogP contribution in [-0.4, -0.2) is 37.5 Å². The highest BCUT2D eigenvalue weighted by molar-refractivity contribution is 7.12. The van der Waals surface area contributed by atoms with Crippen LogP contribution in [-0.2, 0) is 4.79 Å². The monoisotopic (exact) mass is 269 g/mol. The highest BCUT2D eigenvalue weighted by Crippen LogP contribution is 2.07. The third kappa shape index (κ3) is 5.29. The van der Waals surface area contributed by atoms with E-state index in [9.17, 15) is 9.59 Å². The van der Waals surface area contributed by atoms with Crippen molar-refractivity contribution in [3.8, 4) is 0 Å². The number of likely N-dealkylation sites (N-methyl/N-ethyl adjacent to an activating group) is 1. The number of rotatable bonds is 7. The SMILES string of the molecule is CCN[C@H](C)CNC(=O)CNC(=O)c1cccs1. The van der Waals surface area contributed by atoms with Crippen LogP contribution in [0.25, 0.3) is 0 Å². The first-order valence-electron chi connectivity index (χ1n) is 5.95. The number of amides is 2. The van der Waals surface area contributed by atoms with E-state index in [-0.39, 0.29) is 24.4 Å². The Balaban J connectivity index is 2.19. The zero-order valence-corrected chi connectivity index (χ0v) is 11.5. The van der Waals surface area contributed by atoms with Crippen molar-refractivity contribution in [2.45, 2.75) is 19.9 Å². The zero-order chi connectivity index (χ0) is 13.4. The van der Waals surface area contributed by atoms with Crippen LogP contribution in [0.5, 0.6) is 0 Å². The number of thiophene rings is 1. The van der Waals surface area contributed by atoms with Gasteiger partial charge in [0, 0.05) is 12.6 Å². The predicted molar refractivity (Wildman–Crippen MR) is 72.8 cm³/mol. The van der Waals surface area contributed by atoms with Crippen LogP contribution in [0.15, 0.2) is 17.5 Å². The molecule has 5 nitrogen and oxygen atoms in total. The summed E-state index contributed by atoms with van der Waals surface area (Å²) in [6.07, 6.45) is 0. The Kier molecular flexibility index (Phi) is 6.38. The molecular formula is C12H19N3O2S. The zero-order valence-electron chi connectivity index (χ0n) is 10.7. The maximum Gasteiger partial charge on any atom is 0.261 e. The van der Waals surface area contributed by atoms with Gasteiger partial charge >= 0.3 is 0 Å². The fourth-order valence-corrected chi connectivity index (χ4v) is 2.05. The van der Waals surface area contributed by atoms with Crippen LogP contribution in [0.2, 0.25) is 0 Å². The van der Waals surface area contributed by atoms with E-state index in [0.717, 1.165) is 6.54 Å². The topological polar surface area (TPSA) is 70.2 Å². The van der Waals surface area contributed by atoms with Crippen molar-refractivity contribution in [3.63, 3.8) is 0 Å². The van der Waals surface area contributed by atoms with Gasteiger partial charge in [-0.25, -0.2) is 0 Å². The van der Waals surface area contributed by atoms with Gasteiger partial charge in [0.05, 0.1) is 11.4 Å². The molecule has 1 aromatic rings. The van der Waals surface area contributed by atoms with Crippen molar-refractivity contribution in [1.82, 2.24) is 16.0 Å². The molecule has 0 radical (unpaired) electrons. The van der Waals surface area contributed by atoms with Crippen LogP contribution in [0.4, 0.5) is 0 Å². The van der Waals surface area contributed by atoms with E-state index in [2.05, 4.69) is 16.0 Å². The maximum atomic E-state index is 11.6. The van der Waals surface area contributed by atoms with Gasteiger partial charge in [-0.2, -0.15) is 0 Å². The molecule has 6 heteroatoms. The lowest BCUT2D eigenvalue weighted by Gasteiger charge is -2.13. The summed E-state index contributed by atoms with van der Waals surface area (Å²) in [4.78, 5) is 23.6. The van der Waals surface area contributed by atoms with E-state index in [4.69, 9.17) is 0 Å². The molecule has 1 rings (SSSR count). The van der Waals surface area contributed by atoms with Gasteiger partial charge in [-0.3, -0.25) is 9.59 Å². The Morgan fingerprint density at radius 2 is 2.17 bits per heavy atom. The summed E-state index contributed by atoms with van der Waals surface area (Å²) in [5.41, 5.74) is 0. The molecule has 0 aliphatic rings. The summed E-state index contributed by atoms with van der Waals surface area (Å²) in [7, 11) is 0. The van der Waals surface area contributed by atoms with Gasteiger partial charge in [-0.15, -0.1) is 11.3 Å². The molecule has 3 N–H and O–H groups in total. The summed E-state index contributed by atoms with van der Waals surface area (Å²) in [5.74, 6) is -0.385. The highest BCUT2D eigenvalue weighted by atomic mass is 32.1. The first-order chi connectivity index (χ1) is 8.63. The van der Waals surface area contributed by atoms with Gasteiger partial charge in [-0.05, 0) is 24.9 Å². The molecule has 1 heterocycles. The second kappa shape index (κ2) is 7.84. The second-order valence-corrected chi connectivity index (χ2v) is 4.87. The third-order valence-electron chi connectivity index (χ3n) is 2.31. The van der Waals surface area contributed by atoms with Crippen LogP contribution in [0.3, 0.4) is 0 Å². The molecule has 0 aliphatic carbocycles. The summed E-state index contributed by atoms with van der Waals surface area (Å²) in [6, 6.07) is 3.76. The van der Waals surface area contributed by atoms with Crippen molar-refractivity contribution in [3.05, 3.63) is 22.4 Å². The van der Waals surface area contributed by atoms with Crippen LogP contribution >= 0.6 is 11.3 Å². The fraction of sp³-hybridized carbons (Fsp3) is 0.500. The molecule has 0 saturated heterocycles. The molecule has 0 spiro atoms. The largest absolute Gasteiger partial charge is 0.353 e. The van der Waals surface area contributed by atoms with E-state index < -0.39 is 0 Å². The molecule has 0 unspecified atom stereocenters. The first-order valence-corrected chi connectivity index (χ1v) is 6.83. The molecule has 1 atom stereocenters. The average molecular weight is 269 g/mol. The fourth-order valence-electron chi connectivity index (χ4n) is 1.41. The van der Waals surface area contributed by atoms with Crippen molar-refractivity contribution in [1.29, 1.82) is 0 Å². The molecule has 2 amide bonds. The minimum absolute atomic E-state index is 0.00950. The predicted octanol–water partition coefficient (Wildman–Crippen LogP) is 0.592. The van der Waals surface area contributed by atoms with Gasteiger partial charge in [-0.1, -0.05) is 13.0 Å². The summed E-state index contributed by atoms with van der Waals surface area (Å²) >= 11 is 1.35. The standard InChI is InChI=1S/C12H19N3O2S/c1-3-13-9(2)7-14-11(16)8-15-12(17)10-5-4-6-18-10/h4-6,9,13H,3,7-8H2,1-2H3,(H,14,16)(H,15,17)/t9-/m1/s1. The maximum absolute atomic E-state index is 11.6. The average Bonchev–Trinajstić information content (AvgIpc) is 2.87. The van der Waals surface area contributed by atoms with Gasteiger partial charge in [0.15, 0.2) is 0 Å². The quantitative estimate of drug-likeness (QED) is 0.678. The van der Waals surface area contributed by atoms with E-state index in [1.165, 1.54) is 11.3 Å². The van der Waals surface area contributed by atoms with Crippen molar-refractivity contribution < 1.29 is 9.59 Å². The van der Waals surface area contributed by atoms with Crippen LogP contribution in [0, 0.1) is 0 Å². The van der Waals surface area contributed by atoms with E-state index in [1.807, 2.05) is 19.2 Å². The Labute approximate surface area is 111 Å². The second-order valence-electron chi connectivity index (χ2n) is 3.92. The molecule has 100 valence electrons. The van der Waals surface area contributed by atoms with Gasteiger partial charge in [0.1, 0.15) is 0 Å². The van der Waals surface area contributed by atoms with Gasteiger partial charge in [0.2, 0.25) is 5.91 Å². The van der Waals surface area contributed by atoms with Gasteiger partial charge < -0.3 is 16.0 Å².